The SMILES string of the molecule is COCCN1CCC2(CCCN(c3c(NC(=O)c4csc(-c5ccnnc5)n4)cc4c(c3C#N)OC(C)(C)C4)C2)CC1. The van der Waals surface area contributed by atoms with Crippen LogP contribution in [0.1, 0.15) is 61.1 Å². The van der Waals surface area contributed by atoms with Gasteiger partial charge in [-0.25, -0.2) is 4.98 Å². The maximum atomic E-state index is 13.6. The third-order valence-electron chi connectivity index (χ3n) is 8.76. The molecule has 0 saturated carbocycles. The maximum absolute atomic E-state index is 13.6. The summed E-state index contributed by atoms with van der Waals surface area (Å²) in [4.78, 5) is 23.0. The molecule has 1 aromatic carbocycles. The molecule has 0 atom stereocenters. The second kappa shape index (κ2) is 11.6. The first-order valence-electron chi connectivity index (χ1n) is 14.6. The first-order chi connectivity index (χ1) is 20.3. The molecule has 2 saturated heterocycles. The topological polar surface area (TPSA) is 117 Å². The number of thiazole rings is 1. The van der Waals surface area contributed by atoms with Crippen LogP contribution in [-0.2, 0) is 11.2 Å². The lowest BCUT2D eigenvalue weighted by molar-refractivity contribution is 0.0678. The van der Waals surface area contributed by atoms with Gasteiger partial charge in [0, 0.05) is 49.7 Å². The van der Waals surface area contributed by atoms with Gasteiger partial charge in [-0.3, -0.25) is 4.79 Å². The number of anilines is 2. The molecule has 0 aliphatic carbocycles. The van der Waals surface area contributed by atoms with E-state index in [0.29, 0.717) is 34.1 Å². The number of amides is 1. The largest absolute Gasteiger partial charge is 0.486 e. The van der Waals surface area contributed by atoms with Crippen molar-refractivity contribution in [3.05, 3.63) is 46.7 Å². The number of nitrogens with one attached hydrogen (secondary N) is 1. The Labute approximate surface area is 250 Å². The molecule has 11 heteroatoms. The summed E-state index contributed by atoms with van der Waals surface area (Å²) in [6, 6.07) is 6.29. The van der Waals surface area contributed by atoms with Crippen LogP contribution in [0.4, 0.5) is 11.4 Å². The van der Waals surface area contributed by atoms with Crippen LogP contribution in [0, 0.1) is 16.7 Å². The van der Waals surface area contributed by atoms with Gasteiger partial charge in [0.05, 0.1) is 30.4 Å². The van der Waals surface area contributed by atoms with Crippen molar-refractivity contribution >= 4 is 28.6 Å². The highest BCUT2D eigenvalue weighted by Gasteiger charge is 2.41. The standard InChI is InChI=1S/C31H37N7O3S/c1-30(2)16-22-15-24(35-28(39)25-19-42-29(36-25)21-5-9-33-34-18-21)26(23(17-32)27(22)41-30)38-10-4-6-31(20-38)7-11-37(12-8-31)13-14-40-3/h5,9,15,18-19H,4,6-8,10-14,16,20H2,1-3H3,(H,35,39). The number of hydrogen-bond donors (Lipinski definition) is 1. The lowest BCUT2D eigenvalue weighted by Gasteiger charge is -2.48. The third-order valence-corrected chi connectivity index (χ3v) is 9.65. The highest BCUT2D eigenvalue weighted by atomic mass is 32.1. The van der Waals surface area contributed by atoms with Crippen molar-refractivity contribution in [2.24, 2.45) is 5.41 Å². The molecule has 2 fully saturated rings. The summed E-state index contributed by atoms with van der Waals surface area (Å²) in [5, 5.41) is 23.8. The molecule has 0 unspecified atom stereocenters. The van der Waals surface area contributed by atoms with Crippen molar-refractivity contribution in [2.45, 2.75) is 51.6 Å². The second-order valence-corrected chi connectivity index (χ2v) is 13.1. The van der Waals surface area contributed by atoms with Crippen LogP contribution >= 0.6 is 11.3 Å². The van der Waals surface area contributed by atoms with E-state index in [9.17, 15) is 10.1 Å². The fraction of sp³-hybridized carbons (Fsp3) is 0.516. The van der Waals surface area contributed by atoms with Crippen molar-refractivity contribution in [2.75, 3.05) is 56.7 Å². The summed E-state index contributed by atoms with van der Waals surface area (Å²) in [6.07, 6.45) is 8.33. The highest BCUT2D eigenvalue weighted by Crippen LogP contribution is 2.49. The number of benzene rings is 1. The Bertz CT molecular complexity index is 1490. The molecule has 1 N–H and O–H groups in total. The first kappa shape index (κ1) is 28.5. The van der Waals surface area contributed by atoms with Gasteiger partial charge in [0.15, 0.2) is 0 Å². The molecular formula is C31H37N7O3S. The summed E-state index contributed by atoms with van der Waals surface area (Å²) < 4.78 is 11.6. The number of aromatic nitrogens is 3. The van der Waals surface area contributed by atoms with Crippen molar-refractivity contribution < 1.29 is 14.3 Å². The van der Waals surface area contributed by atoms with Gasteiger partial charge in [-0.2, -0.15) is 15.5 Å². The molecule has 220 valence electrons. The van der Waals surface area contributed by atoms with Gasteiger partial charge in [-0.1, -0.05) is 0 Å². The first-order valence-corrected chi connectivity index (χ1v) is 15.5. The zero-order chi connectivity index (χ0) is 29.3. The second-order valence-electron chi connectivity index (χ2n) is 12.3. The van der Waals surface area contributed by atoms with Crippen LogP contribution in [0.3, 0.4) is 0 Å². The highest BCUT2D eigenvalue weighted by molar-refractivity contribution is 7.13. The number of hydrogen-bond acceptors (Lipinski definition) is 10. The summed E-state index contributed by atoms with van der Waals surface area (Å²) in [6.45, 7) is 9.54. The Morgan fingerprint density at radius 3 is 2.81 bits per heavy atom. The smallest absolute Gasteiger partial charge is 0.275 e. The molecular weight excluding hydrogens is 550 g/mol. The minimum Gasteiger partial charge on any atom is -0.486 e. The third kappa shape index (κ3) is 5.71. The van der Waals surface area contributed by atoms with Crippen LogP contribution in [0.15, 0.2) is 29.9 Å². The van der Waals surface area contributed by atoms with E-state index in [-0.39, 0.29) is 11.3 Å². The minimum atomic E-state index is -0.422. The van der Waals surface area contributed by atoms with E-state index in [0.717, 1.165) is 75.4 Å². The van der Waals surface area contributed by atoms with Crippen molar-refractivity contribution in [3.8, 4) is 22.4 Å². The van der Waals surface area contributed by atoms with Crippen molar-refractivity contribution in [1.82, 2.24) is 20.1 Å². The van der Waals surface area contributed by atoms with Gasteiger partial charge >= 0.3 is 0 Å². The van der Waals surface area contributed by atoms with Gasteiger partial charge < -0.3 is 24.6 Å². The quantitative estimate of drug-likeness (QED) is 0.417. The number of fused-ring (bicyclic) bond motifs is 1. The Balaban J connectivity index is 1.31. The van der Waals surface area contributed by atoms with Crippen molar-refractivity contribution in [1.29, 1.82) is 5.26 Å². The van der Waals surface area contributed by atoms with E-state index in [1.54, 1.807) is 24.9 Å². The van der Waals surface area contributed by atoms with Gasteiger partial charge in [-0.15, -0.1) is 11.3 Å². The van der Waals surface area contributed by atoms with Gasteiger partial charge in [0.25, 0.3) is 5.91 Å². The Morgan fingerprint density at radius 2 is 2.07 bits per heavy atom. The van der Waals surface area contributed by atoms with E-state index >= 15 is 0 Å². The van der Waals surface area contributed by atoms with Gasteiger partial charge in [0.1, 0.15) is 33.7 Å². The number of methoxy groups -OCH3 is 1. The van der Waals surface area contributed by atoms with Crippen LogP contribution in [-0.4, -0.2) is 78.0 Å². The Kier molecular flexibility index (Phi) is 7.87. The predicted molar refractivity (Wildman–Crippen MR) is 162 cm³/mol. The molecule has 3 aliphatic rings. The van der Waals surface area contributed by atoms with E-state index < -0.39 is 5.60 Å². The van der Waals surface area contributed by atoms with E-state index in [2.05, 4.69) is 36.4 Å². The molecule has 3 aliphatic heterocycles. The molecule has 3 aromatic rings. The summed E-state index contributed by atoms with van der Waals surface area (Å²) in [5.74, 6) is 0.339. The van der Waals surface area contributed by atoms with Crippen LogP contribution in [0.25, 0.3) is 10.6 Å². The molecule has 1 spiro atoms. The number of likely N-dealkylation sites (tertiary alicyclic amines) is 1. The molecule has 5 heterocycles. The lowest BCUT2D eigenvalue weighted by Crippen LogP contribution is -2.50. The maximum Gasteiger partial charge on any atom is 0.275 e. The summed E-state index contributed by atoms with van der Waals surface area (Å²) in [5.41, 5.74) is 3.74. The number of piperidine rings is 2. The molecule has 0 radical (unpaired) electrons. The molecule has 6 rings (SSSR count). The fourth-order valence-electron chi connectivity index (χ4n) is 6.65. The molecule has 42 heavy (non-hydrogen) atoms. The molecule has 10 nitrogen and oxygen atoms in total. The Hall–Kier alpha value is -3.59. The monoisotopic (exact) mass is 587 g/mol. The lowest BCUT2D eigenvalue weighted by atomic mass is 9.72. The fourth-order valence-corrected chi connectivity index (χ4v) is 7.44. The molecule has 0 bridgehead atoms. The average Bonchev–Trinajstić information content (AvgIpc) is 3.60. The summed E-state index contributed by atoms with van der Waals surface area (Å²) >= 11 is 1.39. The van der Waals surface area contributed by atoms with E-state index in [1.807, 2.05) is 26.0 Å². The van der Waals surface area contributed by atoms with E-state index in [1.165, 1.54) is 17.8 Å². The normalized spacial score (nSPS) is 19.2. The number of nitrogens with zero attached hydrogens (tertiary/aromatic N) is 6. The number of carbonyl (C=O) groups is 1. The number of nitriles is 1. The minimum absolute atomic E-state index is 0.178. The van der Waals surface area contributed by atoms with Crippen LogP contribution < -0.4 is 15.0 Å². The number of ether oxygens (including phenoxy) is 2. The van der Waals surface area contributed by atoms with Crippen LogP contribution in [0.5, 0.6) is 5.75 Å². The average molecular weight is 588 g/mol. The summed E-state index contributed by atoms with van der Waals surface area (Å²) in [7, 11) is 1.75. The van der Waals surface area contributed by atoms with Gasteiger partial charge in [0.2, 0.25) is 0 Å². The van der Waals surface area contributed by atoms with Crippen LogP contribution in [0.2, 0.25) is 0 Å². The van der Waals surface area contributed by atoms with Gasteiger partial charge in [-0.05, 0) is 70.2 Å². The number of rotatable bonds is 7. The zero-order valence-electron chi connectivity index (χ0n) is 24.5. The zero-order valence-corrected chi connectivity index (χ0v) is 25.3. The number of carbonyl (C=O) groups excluding carboxylic acids is 1. The van der Waals surface area contributed by atoms with Crippen molar-refractivity contribution in [3.63, 3.8) is 0 Å². The predicted octanol–water partition coefficient (Wildman–Crippen LogP) is 4.77. The molecule has 1 amide bonds. The molecule has 2 aromatic heterocycles. The van der Waals surface area contributed by atoms with E-state index in [4.69, 9.17) is 9.47 Å². The Morgan fingerprint density at radius 1 is 1.24 bits per heavy atom.